The molecule has 0 aromatic heterocycles. The van der Waals surface area contributed by atoms with E-state index in [0.717, 1.165) is 38.5 Å². The number of aliphatic hydroxyl groups is 1. The van der Waals surface area contributed by atoms with E-state index >= 15 is 0 Å². The molecule has 0 spiro atoms. The summed E-state index contributed by atoms with van der Waals surface area (Å²) in [6, 6.07) is 0. The zero-order valence-electron chi connectivity index (χ0n) is 19.4. The van der Waals surface area contributed by atoms with Gasteiger partial charge in [-0.1, -0.05) is 110 Å². The molecule has 0 fully saturated rings. The molecule has 2 N–H and O–H groups in total. The molecule has 176 valence electrons. The van der Waals surface area contributed by atoms with Crippen molar-refractivity contribution in [2.24, 2.45) is 0 Å². The minimum atomic E-state index is -3.97. The third kappa shape index (κ3) is 19.6. The average molecular weight is 435 g/mol. The van der Waals surface area contributed by atoms with Crippen LogP contribution in [-0.4, -0.2) is 29.4 Å². The lowest BCUT2D eigenvalue weighted by atomic mass is 10.0. The monoisotopic (exact) mass is 434 g/mol. The Hall–Kier alpha value is -0.130. The topological polar surface area (TPSA) is 74.6 Å². The molecule has 0 amide bonds. The molecular formula is C24H50O4S. The summed E-state index contributed by atoms with van der Waals surface area (Å²) in [6.45, 7) is 4.38. The summed E-state index contributed by atoms with van der Waals surface area (Å²) < 4.78 is 32.5. The van der Waals surface area contributed by atoms with Gasteiger partial charge in [-0.05, 0) is 32.1 Å². The van der Waals surface area contributed by atoms with Crippen LogP contribution in [0.15, 0.2) is 0 Å². The molecule has 0 aliphatic heterocycles. The molecule has 5 heteroatoms. The summed E-state index contributed by atoms with van der Waals surface area (Å²) in [4.78, 5) is 0. The Kier molecular flexibility index (Phi) is 19.7. The van der Waals surface area contributed by atoms with Crippen LogP contribution in [0.5, 0.6) is 0 Å². The Balaban J connectivity index is 3.65. The van der Waals surface area contributed by atoms with E-state index in [0.29, 0.717) is 25.7 Å². The standard InChI is InChI=1S/C24H50O4S/c1-3-5-7-9-10-11-12-13-14-15-16-19-23(25)20-18-22-24(29(26,27)28)21-17-8-6-4-2/h23-25H,3-22H2,1-2H3,(H,26,27,28). The highest BCUT2D eigenvalue weighted by atomic mass is 32.2. The maximum atomic E-state index is 11.5. The Bertz CT molecular complexity index is 436. The van der Waals surface area contributed by atoms with E-state index in [1.54, 1.807) is 0 Å². The second kappa shape index (κ2) is 19.8. The highest BCUT2D eigenvalue weighted by Crippen LogP contribution is 2.19. The molecule has 0 radical (unpaired) electrons. The average Bonchev–Trinajstić information content (AvgIpc) is 2.67. The SMILES string of the molecule is CCCCCCCCCCCCCC(O)CCCC(CCCCCC)S(=O)(=O)O. The highest BCUT2D eigenvalue weighted by Gasteiger charge is 2.22. The first-order chi connectivity index (χ1) is 13.9. The molecule has 29 heavy (non-hydrogen) atoms. The number of unbranched alkanes of at least 4 members (excludes halogenated alkanes) is 13. The van der Waals surface area contributed by atoms with Crippen molar-refractivity contribution in [2.45, 2.75) is 154 Å². The zero-order chi connectivity index (χ0) is 21.8. The first kappa shape index (κ1) is 28.9. The van der Waals surface area contributed by atoms with Crippen LogP contribution in [0.25, 0.3) is 0 Å². The van der Waals surface area contributed by atoms with E-state index < -0.39 is 15.4 Å². The fraction of sp³-hybridized carbons (Fsp3) is 1.00. The minimum absolute atomic E-state index is 0.337. The van der Waals surface area contributed by atoms with Gasteiger partial charge in [0.2, 0.25) is 0 Å². The maximum absolute atomic E-state index is 11.5. The summed E-state index contributed by atoms with van der Waals surface area (Å²) in [6.07, 6.45) is 21.2. The van der Waals surface area contributed by atoms with E-state index in [9.17, 15) is 18.1 Å². The van der Waals surface area contributed by atoms with Gasteiger partial charge in [0.05, 0.1) is 11.4 Å². The summed E-state index contributed by atoms with van der Waals surface area (Å²) in [5, 5.41) is 9.48. The molecule has 0 heterocycles. The first-order valence-corrected chi connectivity index (χ1v) is 14.1. The normalized spacial score (nSPS) is 14.2. The molecule has 2 unspecified atom stereocenters. The van der Waals surface area contributed by atoms with Crippen molar-refractivity contribution >= 4 is 10.1 Å². The van der Waals surface area contributed by atoms with Gasteiger partial charge < -0.3 is 5.11 Å². The van der Waals surface area contributed by atoms with Crippen molar-refractivity contribution in [2.75, 3.05) is 0 Å². The van der Waals surface area contributed by atoms with Crippen LogP contribution in [0.2, 0.25) is 0 Å². The fourth-order valence-electron chi connectivity index (χ4n) is 4.01. The lowest BCUT2D eigenvalue weighted by molar-refractivity contribution is 0.147. The molecular weight excluding hydrogens is 384 g/mol. The van der Waals surface area contributed by atoms with Gasteiger partial charge in [0.1, 0.15) is 0 Å². The number of hydrogen-bond donors (Lipinski definition) is 2. The molecule has 0 aliphatic rings. The van der Waals surface area contributed by atoms with Crippen molar-refractivity contribution in [3.8, 4) is 0 Å². The molecule has 0 bridgehead atoms. The van der Waals surface area contributed by atoms with E-state index in [4.69, 9.17) is 0 Å². The van der Waals surface area contributed by atoms with E-state index in [-0.39, 0.29) is 6.10 Å². The molecule has 0 saturated heterocycles. The smallest absolute Gasteiger partial charge is 0.267 e. The Morgan fingerprint density at radius 1 is 0.552 bits per heavy atom. The molecule has 2 atom stereocenters. The Labute approximate surface area is 182 Å². The van der Waals surface area contributed by atoms with Crippen molar-refractivity contribution < 1.29 is 18.1 Å². The van der Waals surface area contributed by atoms with E-state index in [2.05, 4.69) is 13.8 Å². The molecule has 0 aromatic carbocycles. The summed E-state index contributed by atoms with van der Waals surface area (Å²) in [7, 11) is -3.97. The van der Waals surface area contributed by atoms with Gasteiger partial charge in [-0.25, -0.2) is 0 Å². The summed E-state index contributed by atoms with van der Waals surface area (Å²) >= 11 is 0. The van der Waals surface area contributed by atoms with Gasteiger partial charge in [-0.3, -0.25) is 4.55 Å². The van der Waals surface area contributed by atoms with Gasteiger partial charge in [-0.2, -0.15) is 8.42 Å². The van der Waals surface area contributed by atoms with Gasteiger partial charge in [0.15, 0.2) is 0 Å². The molecule has 0 aliphatic carbocycles. The lowest BCUT2D eigenvalue weighted by Crippen LogP contribution is -2.21. The highest BCUT2D eigenvalue weighted by molar-refractivity contribution is 7.86. The number of aliphatic hydroxyl groups excluding tert-OH is 1. The van der Waals surface area contributed by atoms with Crippen LogP contribution in [0.3, 0.4) is 0 Å². The van der Waals surface area contributed by atoms with Gasteiger partial charge in [0.25, 0.3) is 10.1 Å². The van der Waals surface area contributed by atoms with Crippen LogP contribution in [0.1, 0.15) is 142 Å². The summed E-state index contributed by atoms with van der Waals surface area (Å²) in [5.74, 6) is 0. The first-order valence-electron chi connectivity index (χ1n) is 12.6. The van der Waals surface area contributed by atoms with Crippen molar-refractivity contribution in [1.82, 2.24) is 0 Å². The predicted molar refractivity (Wildman–Crippen MR) is 125 cm³/mol. The molecule has 0 saturated carbocycles. The van der Waals surface area contributed by atoms with E-state index in [1.165, 1.54) is 64.2 Å². The van der Waals surface area contributed by atoms with Crippen LogP contribution in [-0.2, 0) is 10.1 Å². The van der Waals surface area contributed by atoms with Crippen molar-refractivity contribution in [3.63, 3.8) is 0 Å². The third-order valence-corrected chi connectivity index (χ3v) is 7.32. The molecule has 4 nitrogen and oxygen atoms in total. The van der Waals surface area contributed by atoms with Crippen LogP contribution < -0.4 is 0 Å². The minimum Gasteiger partial charge on any atom is -0.393 e. The zero-order valence-corrected chi connectivity index (χ0v) is 20.2. The van der Waals surface area contributed by atoms with Crippen LogP contribution >= 0.6 is 0 Å². The maximum Gasteiger partial charge on any atom is 0.267 e. The second-order valence-electron chi connectivity index (χ2n) is 8.90. The van der Waals surface area contributed by atoms with Gasteiger partial charge in [-0.15, -0.1) is 0 Å². The lowest BCUT2D eigenvalue weighted by Gasteiger charge is -2.15. The Morgan fingerprint density at radius 2 is 0.897 bits per heavy atom. The number of rotatable bonds is 22. The molecule has 0 rings (SSSR count). The fourth-order valence-corrected chi connectivity index (χ4v) is 4.94. The number of hydrogen-bond acceptors (Lipinski definition) is 3. The van der Waals surface area contributed by atoms with Gasteiger partial charge >= 0.3 is 0 Å². The quantitative estimate of drug-likeness (QED) is 0.137. The van der Waals surface area contributed by atoms with Crippen LogP contribution in [0.4, 0.5) is 0 Å². The Morgan fingerprint density at radius 3 is 1.38 bits per heavy atom. The van der Waals surface area contributed by atoms with Gasteiger partial charge in [0, 0.05) is 0 Å². The van der Waals surface area contributed by atoms with E-state index in [1.807, 2.05) is 0 Å². The summed E-state index contributed by atoms with van der Waals surface area (Å²) in [5.41, 5.74) is 0. The van der Waals surface area contributed by atoms with Crippen LogP contribution in [0, 0.1) is 0 Å². The van der Waals surface area contributed by atoms with Crippen molar-refractivity contribution in [3.05, 3.63) is 0 Å². The van der Waals surface area contributed by atoms with Crippen molar-refractivity contribution in [1.29, 1.82) is 0 Å². The third-order valence-electron chi connectivity index (χ3n) is 6.01. The predicted octanol–water partition coefficient (Wildman–Crippen LogP) is 7.45. The molecule has 0 aromatic rings. The largest absolute Gasteiger partial charge is 0.393 e. The second-order valence-corrected chi connectivity index (χ2v) is 10.6.